The SMILES string of the molecule is Cc1c2c(c3n1[C@@H](C)SC3)C(=O)c1ccccc1C2=O. The molecule has 1 aliphatic heterocycles. The largest absolute Gasteiger partial charge is 0.335 e. The first-order valence-corrected chi connectivity index (χ1v) is 7.70. The Morgan fingerprint density at radius 1 is 1.10 bits per heavy atom. The highest BCUT2D eigenvalue weighted by atomic mass is 32.2. The Morgan fingerprint density at radius 3 is 2.35 bits per heavy atom. The van der Waals surface area contributed by atoms with Crippen LogP contribution in [0.4, 0.5) is 0 Å². The van der Waals surface area contributed by atoms with Crippen LogP contribution in [0.2, 0.25) is 0 Å². The van der Waals surface area contributed by atoms with Crippen LogP contribution < -0.4 is 0 Å². The smallest absolute Gasteiger partial charge is 0.196 e. The fraction of sp³-hybridized carbons (Fsp3) is 0.250. The second kappa shape index (κ2) is 3.85. The highest BCUT2D eigenvalue weighted by Gasteiger charge is 2.39. The monoisotopic (exact) mass is 283 g/mol. The van der Waals surface area contributed by atoms with Crippen molar-refractivity contribution < 1.29 is 9.59 Å². The van der Waals surface area contributed by atoms with E-state index < -0.39 is 0 Å². The number of fused-ring (bicyclic) bond motifs is 4. The normalized spacial score (nSPS) is 19.8. The summed E-state index contributed by atoms with van der Waals surface area (Å²) < 4.78 is 2.15. The van der Waals surface area contributed by atoms with Gasteiger partial charge in [0.25, 0.3) is 0 Å². The number of nitrogens with zero attached hydrogens (tertiary/aromatic N) is 1. The second-order valence-corrected chi connectivity index (χ2v) is 6.57. The summed E-state index contributed by atoms with van der Waals surface area (Å²) in [7, 11) is 0. The zero-order valence-corrected chi connectivity index (χ0v) is 12.1. The van der Waals surface area contributed by atoms with Gasteiger partial charge in [0.2, 0.25) is 0 Å². The Balaban J connectivity index is 2.07. The summed E-state index contributed by atoms with van der Waals surface area (Å²) >= 11 is 1.80. The first-order chi connectivity index (χ1) is 9.61. The van der Waals surface area contributed by atoms with E-state index in [-0.39, 0.29) is 11.6 Å². The first kappa shape index (κ1) is 12.0. The van der Waals surface area contributed by atoms with Gasteiger partial charge in [0.1, 0.15) is 0 Å². The quantitative estimate of drug-likeness (QED) is 0.635. The van der Waals surface area contributed by atoms with E-state index in [9.17, 15) is 9.59 Å². The van der Waals surface area contributed by atoms with E-state index in [2.05, 4.69) is 11.5 Å². The van der Waals surface area contributed by atoms with Gasteiger partial charge in [0, 0.05) is 28.3 Å². The first-order valence-electron chi connectivity index (χ1n) is 6.65. The molecule has 4 heteroatoms. The number of hydrogen-bond acceptors (Lipinski definition) is 3. The molecule has 0 bridgehead atoms. The van der Waals surface area contributed by atoms with Gasteiger partial charge in [-0.2, -0.15) is 0 Å². The van der Waals surface area contributed by atoms with Crippen molar-refractivity contribution in [2.24, 2.45) is 0 Å². The van der Waals surface area contributed by atoms with Crippen molar-refractivity contribution in [1.29, 1.82) is 0 Å². The zero-order valence-electron chi connectivity index (χ0n) is 11.3. The summed E-state index contributed by atoms with van der Waals surface area (Å²) in [5.41, 5.74) is 4.29. The minimum atomic E-state index is -0.00759. The Hall–Kier alpha value is -1.81. The lowest BCUT2D eigenvalue weighted by atomic mass is 9.84. The maximum absolute atomic E-state index is 12.8. The lowest BCUT2D eigenvalue weighted by Gasteiger charge is -2.15. The maximum Gasteiger partial charge on any atom is 0.196 e. The Labute approximate surface area is 121 Å². The fourth-order valence-corrected chi connectivity index (χ4v) is 4.46. The summed E-state index contributed by atoms with van der Waals surface area (Å²) in [5.74, 6) is 0.798. The molecule has 0 radical (unpaired) electrons. The molecule has 0 fully saturated rings. The van der Waals surface area contributed by atoms with Gasteiger partial charge in [-0.05, 0) is 13.8 Å². The molecule has 1 aromatic heterocycles. The molecule has 0 N–H and O–H groups in total. The molecule has 100 valence electrons. The standard InChI is InChI=1S/C16H13NO2S/c1-8-13-14(12-7-20-9(2)17(8)12)16(19)11-6-4-3-5-10(11)15(13)18/h3-6,9H,7H2,1-2H3/t9-/m1/s1. The minimum absolute atomic E-state index is 0.00162. The molecule has 1 aromatic carbocycles. The van der Waals surface area contributed by atoms with Gasteiger partial charge in [0.05, 0.1) is 16.5 Å². The topological polar surface area (TPSA) is 39.1 Å². The van der Waals surface area contributed by atoms with Crippen molar-refractivity contribution >= 4 is 23.3 Å². The van der Waals surface area contributed by atoms with Crippen molar-refractivity contribution in [2.75, 3.05) is 0 Å². The lowest BCUT2D eigenvalue weighted by molar-refractivity contribution is 0.0979. The average molecular weight is 283 g/mol. The number of aromatic nitrogens is 1. The molecule has 3 nitrogen and oxygen atoms in total. The van der Waals surface area contributed by atoms with E-state index in [1.54, 1.807) is 23.9 Å². The summed E-state index contributed by atoms with van der Waals surface area (Å²) in [5, 5.41) is 0.291. The summed E-state index contributed by atoms with van der Waals surface area (Å²) in [6.45, 7) is 4.06. The number of thioether (sulfide) groups is 1. The third kappa shape index (κ3) is 1.27. The van der Waals surface area contributed by atoms with Crippen molar-refractivity contribution in [3.8, 4) is 0 Å². The van der Waals surface area contributed by atoms with Crippen molar-refractivity contribution in [2.45, 2.75) is 25.0 Å². The van der Waals surface area contributed by atoms with Gasteiger partial charge < -0.3 is 4.57 Å². The van der Waals surface area contributed by atoms with Gasteiger partial charge in [-0.15, -0.1) is 11.8 Å². The molecule has 2 heterocycles. The molecule has 2 aliphatic rings. The summed E-state index contributed by atoms with van der Waals surface area (Å²) in [4.78, 5) is 25.5. The molecule has 0 unspecified atom stereocenters. The van der Waals surface area contributed by atoms with Crippen LogP contribution in [0.1, 0.15) is 55.5 Å². The predicted octanol–water partition coefficient (Wildman–Crippen LogP) is 3.34. The van der Waals surface area contributed by atoms with Crippen LogP contribution >= 0.6 is 11.8 Å². The molecule has 0 spiro atoms. The Bertz CT molecular complexity index is 788. The molecule has 4 rings (SSSR count). The number of rotatable bonds is 0. The minimum Gasteiger partial charge on any atom is -0.335 e. The molecule has 1 aliphatic carbocycles. The molecule has 20 heavy (non-hydrogen) atoms. The van der Waals surface area contributed by atoms with Gasteiger partial charge in [-0.3, -0.25) is 9.59 Å². The number of ketones is 2. The van der Waals surface area contributed by atoms with Crippen LogP contribution in [0.3, 0.4) is 0 Å². The Kier molecular flexibility index (Phi) is 2.31. The van der Waals surface area contributed by atoms with E-state index in [0.717, 1.165) is 17.1 Å². The van der Waals surface area contributed by atoms with Gasteiger partial charge in [0.15, 0.2) is 11.6 Å². The van der Waals surface area contributed by atoms with Crippen LogP contribution in [0, 0.1) is 6.92 Å². The average Bonchev–Trinajstić information content (AvgIpc) is 2.96. The predicted molar refractivity (Wildman–Crippen MR) is 78.5 cm³/mol. The van der Waals surface area contributed by atoms with Crippen LogP contribution in [-0.4, -0.2) is 16.1 Å². The van der Waals surface area contributed by atoms with E-state index in [0.29, 0.717) is 27.6 Å². The summed E-state index contributed by atoms with van der Waals surface area (Å²) in [6, 6.07) is 7.13. The number of hydrogen-bond donors (Lipinski definition) is 0. The van der Waals surface area contributed by atoms with Gasteiger partial charge in [-0.25, -0.2) is 0 Å². The van der Waals surface area contributed by atoms with Crippen molar-refractivity contribution in [3.05, 3.63) is 57.9 Å². The molecule has 1 atom stereocenters. The summed E-state index contributed by atoms with van der Waals surface area (Å²) in [6.07, 6.45) is 0. The van der Waals surface area contributed by atoms with Crippen LogP contribution in [-0.2, 0) is 5.75 Å². The van der Waals surface area contributed by atoms with Gasteiger partial charge in [-0.1, -0.05) is 24.3 Å². The number of benzene rings is 1. The number of carbonyl (C=O) groups is 2. The molecular formula is C16H13NO2S. The third-order valence-corrected chi connectivity index (χ3v) is 5.38. The van der Waals surface area contributed by atoms with E-state index in [1.807, 2.05) is 19.1 Å². The fourth-order valence-electron chi connectivity index (χ4n) is 3.35. The van der Waals surface area contributed by atoms with Gasteiger partial charge >= 0.3 is 0 Å². The third-order valence-electron chi connectivity index (χ3n) is 4.25. The van der Waals surface area contributed by atoms with Crippen molar-refractivity contribution in [3.63, 3.8) is 0 Å². The van der Waals surface area contributed by atoms with Crippen LogP contribution in [0.25, 0.3) is 0 Å². The molecule has 0 amide bonds. The molecular weight excluding hydrogens is 270 g/mol. The number of carbonyl (C=O) groups excluding carboxylic acids is 2. The molecule has 2 aromatic rings. The Morgan fingerprint density at radius 2 is 1.70 bits per heavy atom. The lowest BCUT2D eigenvalue weighted by Crippen LogP contribution is -2.20. The van der Waals surface area contributed by atoms with E-state index in [4.69, 9.17) is 0 Å². The highest BCUT2D eigenvalue weighted by Crippen LogP contribution is 2.44. The van der Waals surface area contributed by atoms with Crippen LogP contribution in [0.5, 0.6) is 0 Å². The van der Waals surface area contributed by atoms with E-state index >= 15 is 0 Å². The zero-order chi connectivity index (χ0) is 14.0. The second-order valence-electron chi connectivity index (χ2n) is 5.27. The highest BCUT2D eigenvalue weighted by molar-refractivity contribution is 7.98. The molecule has 0 saturated heterocycles. The molecule has 0 saturated carbocycles. The maximum atomic E-state index is 12.8. The van der Waals surface area contributed by atoms with Crippen LogP contribution in [0.15, 0.2) is 24.3 Å². The van der Waals surface area contributed by atoms with Crippen molar-refractivity contribution in [1.82, 2.24) is 4.57 Å². The van der Waals surface area contributed by atoms with E-state index in [1.165, 1.54) is 0 Å².